The van der Waals surface area contributed by atoms with Gasteiger partial charge in [-0.1, -0.05) is 0 Å². The molecule has 1 fully saturated rings. The van der Waals surface area contributed by atoms with Crippen molar-refractivity contribution < 1.29 is 4.74 Å². The van der Waals surface area contributed by atoms with Gasteiger partial charge in [-0.2, -0.15) is 0 Å². The van der Waals surface area contributed by atoms with Crippen molar-refractivity contribution in [1.29, 1.82) is 0 Å². The highest BCUT2D eigenvalue weighted by atomic mass is 16.5. The lowest BCUT2D eigenvalue weighted by Crippen LogP contribution is -2.32. The highest BCUT2D eigenvalue weighted by Crippen LogP contribution is 2.22. The van der Waals surface area contributed by atoms with Crippen LogP contribution in [0.1, 0.15) is 32.6 Å². The number of anilines is 1. The predicted molar refractivity (Wildman–Crippen MR) is 69.3 cm³/mol. The van der Waals surface area contributed by atoms with Crippen LogP contribution < -0.4 is 15.8 Å². The first-order chi connectivity index (χ1) is 8.28. The molecule has 1 aromatic rings. The van der Waals surface area contributed by atoms with Crippen LogP contribution in [0.25, 0.3) is 0 Å². The Hall–Kier alpha value is -1.29. The summed E-state index contributed by atoms with van der Waals surface area (Å²) in [6.45, 7) is 2.64. The molecule has 0 amide bonds. The molecule has 0 aliphatic heterocycles. The zero-order valence-electron chi connectivity index (χ0n) is 10.4. The normalized spacial score (nSPS) is 24.4. The van der Waals surface area contributed by atoms with Gasteiger partial charge < -0.3 is 15.8 Å². The third-order valence-corrected chi connectivity index (χ3v) is 3.17. The lowest BCUT2D eigenvalue weighted by Gasteiger charge is -2.27. The molecule has 1 saturated carbocycles. The van der Waals surface area contributed by atoms with E-state index in [2.05, 4.69) is 10.3 Å². The minimum absolute atomic E-state index is 0.390. The first-order valence-electron chi connectivity index (χ1n) is 6.38. The first-order valence-corrected chi connectivity index (χ1v) is 6.38. The summed E-state index contributed by atoms with van der Waals surface area (Å²) in [5.74, 6) is 0.824. The summed E-state index contributed by atoms with van der Waals surface area (Å²) in [6, 6.07) is 2.92. The molecular weight excluding hydrogens is 214 g/mol. The number of nitrogens with zero attached hydrogens (tertiary/aromatic N) is 1. The Kier molecular flexibility index (Phi) is 4.20. The number of nitrogens with one attached hydrogen (secondary N) is 1. The fourth-order valence-electron chi connectivity index (χ4n) is 2.24. The molecule has 0 bridgehead atoms. The highest BCUT2D eigenvalue weighted by molar-refractivity contribution is 5.46. The van der Waals surface area contributed by atoms with Gasteiger partial charge in [-0.25, -0.2) is 0 Å². The number of rotatable bonds is 4. The average molecular weight is 235 g/mol. The second kappa shape index (κ2) is 5.87. The second-order valence-corrected chi connectivity index (χ2v) is 4.60. The van der Waals surface area contributed by atoms with Crippen molar-refractivity contribution in [3.63, 3.8) is 0 Å². The standard InChI is InChI=1S/C13H21N3O/c1-2-17-13-7-12(8-15-9-13)16-11-5-3-10(14)4-6-11/h7-11,16H,2-6,14H2,1H3. The number of nitrogens with two attached hydrogens (primary N) is 1. The minimum Gasteiger partial charge on any atom is -0.492 e. The molecule has 1 aromatic heterocycles. The maximum Gasteiger partial charge on any atom is 0.139 e. The van der Waals surface area contributed by atoms with Crippen LogP contribution in [0, 0.1) is 0 Å². The van der Waals surface area contributed by atoms with Gasteiger partial charge in [-0.3, -0.25) is 4.98 Å². The molecule has 94 valence electrons. The van der Waals surface area contributed by atoms with Crippen molar-refractivity contribution in [2.45, 2.75) is 44.7 Å². The summed E-state index contributed by atoms with van der Waals surface area (Å²) < 4.78 is 5.43. The van der Waals surface area contributed by atoms with Gasteiger partial charge >= 0.3 is 0 Å². The fourth-order valence-corrected chi connectivity index (χ4v) is 2.24. The number of aromatic nitrogens is 1. The van der Waals surface area contributed by atoms with Crippen LogP contribution >= 0.6 is 0 Å². The molecule has 4 heteroatoms. The molecule has 1 aliphatic carbocycles. The van der Waals surface area contributed by atoms with Gasteiger partial charge in [0.25, 0.3) is 0 Å². The smallest absolute Gasteiger partial charge is 0.139 e. The minimum atomic E-state index is 0.390. The van der Waals surface area contributed by atoms with E-state index in [9.17, 15) is 0 Å². The summed E-state index contributed by atoms with van der Waals surface area (Å²) >= 11 is 0. The number of hydrogen-bond donors (Lipinski definition) is 2. The Morgan fingerprint density at radius 2 is 2.12 bits per heavy atom. The number of ether oxygens (including phenoxy) is 1. The van der Waals surface area contributed by atoms with Gasteiger partial charge in [0.15, 0.2) is 0 Å². The lowest BCUT2D eigenvalue weighted by atomic mass is 9.92. The summed E-state index contributed by atoms with van der Waals surface area (Å²) in [6.07, 6.45) is 8.08. The maximum absolute atomic E-state index is 5.89. The first kappa shape index (κ1) is 12.2. The van der Waals surface area contributed by atoms with Gasteiger partial charge in [0.05, 0.1) is 24.7 Å². The van der Waals surface area contributed by atoms with Crippen molar-refractivity contribution in [1.82, 2.24) is 4.98 Å². The van der Waals surface area contributed by atoms with Crippen LogP contribution in [0.2, 0.25) is 0 Å². The molecule has 2 rings (SSSR count). The molecular formula is C13H21N3O. The summed E-state index contributed by atoms with van der Waals surface area (Å²) in [5.41, 5.74) is 6.93. The van der Waals surface area contributed by atoms with E-state index in [1.165, 1.54) is 0 Å². The third kappa shape index (κ3) is 3.60. The lowest BCUT2D eigenvalue weighted by molar-refractivity contribution is 0.339. The van der Waals surface area contributed by atoms with E-state index in [0.717, 1.165) is 37.1 Å². The van der Waals surface area contributed by atoms with E-state index in [-0.39, 0.29) is 0 Å². The molecule has 0 saturated heterocycles. The van der Waals surface area contributed by atoms with E-state index in [1.807, 2.05) is 19.2 Å². The summed E-state index contributed by atoms with van der Waals surface area (Å²) in [7, 11) is 0. The van der Waals surface area contributed by atoms with Crippen LogP contribution in [0.5, 0.6) is 5.75 Å². The number of hydrogen-bond acceptors (Lipinski definition) is 4. The number of pyridine rings is 1. The van der Waals surface area contributed by atoms with E-state index >= 15 is 0 Å². The van der Waals surface area contributed by atoms with Crippen molar-refractivity contribution >= 4 is 5.69 Å². The second-order valence-electron chi connectivity index (χ2n) is 4.60. The molecule has 0 aromatic carbocycles. The molecule has 0 atom stereocenters. The third-order valence-electron chi connectivity index (χ3n) is 3.17. The average Bonchev–Trinajstić information content (AvgIpc) is 2.33. The Morgan fingerprint density at radius 3 is 2.82 bits per heavy atom. The highest BCUT2D eigenvalue weighted by Gasteiger charge is 2.18. The van der Waals surface area contributed by atoms with Crippen LogP contribution in [-0.4, -0.2) is 23.7 Å². The van der Waals surface area contributed by atoms with Gasteiger partial charge in [-0.05, 0) is 32.6 Å². The van der Waals surface area contributed by atoms with Crippen molar-refractivity contribution in [2.75, 3.05) is 11.9 Å². The van der Waals surface area contributed by atoms with Crippen LogP contribution in [0.3, 0.4) is 0 Å². The van der Waals surface area contributed by atoms with Crippen LogP contribution in [0.15, 0.2) is 18.5 Å². The molecule has 1 heterocycles. The molecule has 17 heavy (non-hydrogen) atoms. The Morgan fingerprint density at radius 1 is 1.35 bits per heavy atom. The van der Waals surface area contributed by atoms with Gasteiger partial charge in [0.2, 0.25) is 0 Å². The quantitative estimate of drug-likeness (QED) is 0.839. The van der Waals surface area contributed by atoms with E-state index < -0.39 is 0 Å². The predicted octanol–water partition coefficient (Wildman–Crippen LogP) is 2.16. The maximum atomic E-state index is 5.89. The largest absolute Gasteiger partial charge is 0.492 e. The van der Waals surface area contributed by atoms with Crippen molar-refractivity contribution in [3.8, 4) is 5.75 Å². The van der Waals surface area contributed by atoms with E-state index in [0.29, 0.717) is 18.7 Å². The zero-order valence-corrected chi connectivity index (χ0v) is 10.4. The summed E-state index contributed by atoms with van der Waals surface area (Å²) in [5, 5.41) is 3.50. The molecule has 1 aliphatic rings. The van der Waals surface area contributed by atoms with Crippen LogP contribution in [-0.2, 0) is 0 Å². The van der Waals surface area contributed by atoms with Crippen LogP contribution in [0.4, 0.5) is 5.69 Å². The summed E-state index contributed by atoms with van der Waals surface area (Å²) in [4.78, 5) is 4.17. The molecule has 4 nitrogen and oxygen atoms in total. The molecule has 0 radical (unpaired) electrons. The molecule has 0 spiro atoms. The topological polar surface area (TPSA) is 60.2 Å². The zero-order chi connectivity index (χ0) is 12.1. The Bertz CT molecular complexity index is 348. The van der Waals surface area contributed by atoms with Crippen molar-refractivity contribution in [2.24, 2.45) is 5.73 Å². The molecule has 3 N–H and O–H groups in total. The van der Waals surface area contributed by atoms with Crippen molar-refractivity contribution in [3.05, 3.63) is 18.5 Å². The Labute approximate surface area is 103 Å². The SMILES string of the molecule is CCOc1cncc(NC2CCC(N)CC2)c1. The van der Waals surface area contributed by atoms with E-state index in [4.69, 9.17) is 10.5 Å². The van der Waals surface area contributed by atoms with Gasteiger partial charge in [0, 0.05) is 18.2 Å². The van der Waals surface area contributed by atoms with E-state index in [1.54, 1.807) is 6.20 Å². The van der Waals surface area contributed by atoms with Gasteiger partial charge in [0.1, 0.15) is 5.75 Å². The van der Waals surface area contributed by atoms with Gasteiger partial charge in [-0.15, -0.1) is 0 Å². The fraction of sp³-hybridized carbons (Fsp3) is 0.615. The molecule has 0 unspecified atom stereocenters. The monoisotopic (exact) mass is 235 g/mol. The Balaban J connectivity index is 1.91.